The Morgan fingerprint density at radius 2 is 1.78 bits per heavy atom. The number of amides is 2. The van der Waals surface area contributed by atoms with Crippen LogP contribution >= 0.6 is 0 Å². The monoisotopic (exact) mass is 519 g/mol. The van der Waals surface area contributed by atoms with E-state index in [4.69, 9.17) is 5.73 Å². The molecule has 2 amide bonds. The molecule has 3 N–H and O–H groups in total. The molecule has 3 aliphatic rings. The van der Waals surface area contributed by atoms with Gasteiger partial charge in [-0.05, 0) is 37.3 Å². The first-order valence-corrected chi connectivity index (χ1v) is 11.6. The van der Waals surface area contributed by atoms with E-state index in [0.717, 1.165) is 36.8 Å². The van der Waals surface area contributed by atoms with Gasteiger partial charge in [-0.1, -0.05) is 6.42 Å². The van der Waals surface area contributed by atoms with E-state index in [2.05, 4.69) is 5.32 Å². The fraction of sp³-hybridized carbons (Fsp3) is 0.542. The topological polar surface area (TPSA) is 92.5 Å². The van der Waals surface area contributed by atoms with Crippen LogP contribution in [0.25, 0.3) is 0 Å². The van der Waals surface area contributed by atoms with Crippen LogP contribution in [-0.4, -0.2) is 47.3 Å². The van der Waals surface area contributed by atoms with E-state index < -0.39 is 59.6 Å². The number of allylic oxidation sites excluding steroid dienone is 1. The summed E-state index contributed by atoms with van der Waals surface area (Å²) in [4.78, 5) is 36.4. The minimum atomic E-state index is -4.62. The van der Waals surface area contributed by atoms with Crippen LogP contribution in [0.3, 0.4) is 0 Å². The maximum Gasteiger partial charge on any atom is 0.389 e. The summed E-state index contributed by atoms with van der Waals surface area (Å²) >= 11 is 0. The quantitative estimate of drug-likeness (QED) is 0.269. The second-order valence-electron chi connectivity index (χ2n) is 9.17. The van der Waals surface area contributed by atoms with Gasteiger partial charge < -0.3 is 16.0 Å². The molecule has 0 saturated carbocycles. The lowest BCUT2D eigenvalue weighted by Gasteiger charge is -2.52. The predicted octanol–water partition coefficient (Wildman–Crippen LogP) is 3.68. The van der Waals surface area contributed by atoms with Gasteiger partial charge in [0, 0.05) is 43.8 Å². The number of hydrogen-bond acceptors (Lipinski definition) is 4. The molecule has 3 fully saturated rings. The lowest BCUT2D eigenvalue weighted by Crippen LogP contribution is -2.71. The van der Waals surface area contributed by atoms with Gasteiger partial charge in [-0.3, -0.25) is 14.4 Å². The Morgan fingerprint density at radius 3 is 2.47 bits per heavy atom. The number of nitrogens with two attached hydrogens (primary N) is 1. The summed E-state index contributed by atoms with van der Waals surface area (Å²) < 4.78 is 78.5. The van der Waals surface area contributed by atoms with Crippen molar-refractivity contribution in [2.24, 2.45) is 11.7 Å². The second-order valence-corrected chi connectivity index (χ2v) is 9.17. The Bertz CT molecular complexity index is 1050. The maximum absolute atomic E-state index is 13.7. The van der Waals surface area contributed by atoms with Crippen LogP contribution < -0.4 is 11.1 Å². The molecule has 3 saturated heterocycles. The van der Waals surface area contributed by atoms with E-state index in [9.17, 15) is 40.7 Å². The fourth-order valence-corrected chi connectivity index (χ4v) is 4.92. The molecule has 0 radical (unpaired) electrons. The molecule has 6 nitrogen and oxygen atoms in total. The molecule has 0 bridgehead atoms. The lowest BCUT2D eigenvalue weighted by atomic mass is 9.68. The van der Waals surface area contributed by atoms with Crippen molar-refractivity contribution in [3.8, 4) is 0 Å². The van der Waals surface area contributed by atoms with E-state index in [0.29, 0.717) is 18.6 Å². The van der Waals surface area contributed by atoms with Crippen molar-refractivity contribution in [1.82, 2.24) is 10.2 Å². The number of nitrogens with zero attached hydrogens (tertiary/aromatic N) is 1. The van der Waals surface area contributed by atoms with E-state index in [1.165, 1.54) is 6.42 Å². The first kappa shape index (κ1) is 27.5. The number of rotatable bonds is 5. The zero-order valence-electron chi connectivity index (χ0n) is 19.4. The van der Waals surface area contributed by atoms with E-state index >= 15 is 0 Å². The molecule has 1 aromatic rings. The summed E-state index contributed by atoms with van der Waals surface area (Å²) in [6.07, 6.45) is -1.00. The number of β-lactam (4-membered cyclic amide) rings is 1. The van der Waals surface area contributed by atoms with Crippen molar-refractivity contribution in [3.05, 3.63) is 46.9 Å². The van der Waals surface area contributed by atoms with Crippen LogP contribution in [0.2, 0.25) is 0 Å². The first-order valence-electron chi connectivity index (χ1n) is 11.6. The molecule has 0 aliphatic carbocycles. The highest BCUT2D eigenvalue weighted by Crippen LogP contribution is 2.51. The van der Waals surface area contributed by atoms with E-state index in [1.54, 1.807) is 0 Å². The molecule has 12 heteroatoms. The highest BCUT2D eigenvalue weighted by molar-refractivity contribution is 6.09. The molecule has 3 aliphatic heterocycles. The van der Waals surface area contributed by atoms with Crippen molar-refractivity contribution in [2.75, 3.05) is 13.1 Å². The number of nitrogens with one attached hydrogen (secondary N) is 1. The Balaban J connectivity index is 0.000000383. The standard InChI is InChI=1S/C18H16F6N2O2.C6H11NO/c19-12-7-14(21)13(20)5-9(12)4-10(25)6-15(27)17-2-1-3-26(17)16(28)11(17)8-18(22,23)24;8-6-4-2-1-3-5-7-6/h5-7,11H,1-4,8,25H2;1-5H2,(H,7,8)/b10-6+;. The molecule has 36 heavy (non-hydrogen) atoms. The van der Waals surface area contributed by atoms with Crippen molar-refractivity contribution in [1.29, 1.82) is 0 Å². The van der Waals surface area contributed by atoms with Crippen LogP contribution in [0.1, 0.15) is 50.5 Å². The Hall–Kier alpha value is -3.05. The Labute approximate surface area is 203 Å². The summed E-state index contributed by atoms with van der Waals surface area (Å²) in [6, 6.07) is 0.927. The van der Waals surface area contributed by atoms with Gasteiger partial charge in [0.05, 0.1) is 12.3 Å². The number of carbonyl (C=O) groups is 3. The minimum absolute atomic E-state index is 0.0711. The van der Waals surface area contributed by atoms with E-state index in [1.807, 2.05) is 0 Å². The average molecular weight is 519 g/mol. The van der Waals surface area contributed by atoms with Gasteiger partial charge in [0.1, 0.15) is 11.4 Å². The van der Waals surface area contributed by atoms with Gasteiger partial charge in [0.2, 0.25) is 11.8 Å². The van der Waals surface area contributed by atoms with Gasteiger partial charge in [-0.15, -0.1) is 0 Å². The number of hydrogen-bond donors (Lipinski definition) is 2. The third-order valence-electron chi connectivity index (χ3n) is 6.63. The maximum atomic E-state index is 13.7. The second kappa shape index (κ2) is 10.9. The highest BCUT2D eigenvalue weighted by Gasteiger charge is 2.67. The normalized spacial score (nSPS) is 24.2. The van der Waals surface area contributed by atoms with Crippen molar-refractivity contribution < 1.29 is 40.7 Å². The lowest BCUT2D eigenvalue weighted by molar-refractivity contribution is -0.194. The molecular weight excluding hydrogens is 492 g/mol. The number of halogens is 6. The molecule has 2 unspecified atom stereocenters. The van der Waals surface area contributed by atoms with Gasteiger partial charge in [-0.2, -0.15) is 13.2 Å². The third-order valence-corrected chi connectivity index (χ3v) is 6.63. The fourth-order valence-electron chi connectivity index (χ4n) is 4.92. The van der Waals surface area contributed by atoms with Crippen LogP contribution in [0, 0.1) is 23.4 Å². The molecule has 0 spiro atoms. The first-order chi connectivity index (χ1) is 16.8. The smallest absolute Gasteiger partial charge is 0.389 e. The van der Waals surface area contributed by atoms with E-state index in [-0.39, 0.29) is 30.1 Å². The largest absolute Gasteiger partial charge is 0.402 e. The number of ketones is 1. The molecule has 0 aromatic heterocycles. The zero-order chi connectivity index (χ0) is 26.7. The summed E-state index contributed by atoms with van der Waals surface area (Å²) in [5.74, 6) is -6.57. The minimum Gasteiger partial charge on any atom is -0.402 e. The summed E-state index contributed by atoms with van der Waals surface area (Å²) in [7, 11) is 0. The number of carbonyl (C=O) groups excluding carboxylic acids is 3. The molecule has 1 aromatic carbocycles. The third kappa shape index (κ3) is 6.01. The molecule has 4 rings (SSSR count). The number of benzene rings is 1. The van der Waals surface area contributed by atoms with Crippen molar-refractivity contribution in [2.45, 2.75) is 63.1 Å². The van der Waals surface area contributed by atoms with Gasteiger partial charge in [0.25, 0.3) is 0 Å². The summed E-state index contributed by atoms with van der Waals surface area (Å²) in [5.41, 5.74) is 3.55. The predicted molar refractivity (Wildman–Crippen MR) is 117 cm³/mol. The van der Waals surface area contributed by atoms with Gasteiger partial charge in [0.15, 0.2) is 17.4 Å². The van der Waals surface area contributed by atoms with Crippen LogP contribution in [-0.2, 0) is 20.8 Å². The number of alkyl halides is 3. The molecule has 198 valence electrons. The van der Waals surface area contributed by atoms with Gasteiger partial charge >= 0.3 is 6.18 Å². The Morgan fingerprint density at radius 1 is 1.08 bits per heavy atom. The molecule has 3 heterocycles. The molecule has 2 atom stereocenters. The number of fused-ring (bicyclic) bond motifs is 1. The average Bonchev–Trinajstić information content (AvgIpc) is 3.04. The Kier molecular flexibility index (Phi) is 8.35. The van der Waals surface area contributed by atoms with Crippen LogP contribution in [0.4, 0.5) is 26.3 Å². The summed E-state index contributed by atoms with van der Waals surface area (Å²) in [6.45, 7) is 1.06. The highest BCUT2D eigenvalue weighted by atomic mass is 19.4. The molecular formula is C24H27F6N3O3. The van der Waals surface area contributed by atoms with Crippen LogP contribution in [0.5, 0.6) is 0 Å². The van der Waals surface area contributed by atoms with Crippen molar-refractivity contribution >= 4 is 17.6 Å². The van der Waals surface area contributed by atoms with Gasteiger partial charge in [-0.25, -0.2) is 13.2 Å². The van der Waals surface area contributed by atoms with Crippen molar-refractivity contribution in [3.63, 3.8) is 0 Å². The van der Waals surface area contributed by atoms with Crippen LogP contribution in [0.15, 0.2) is 23.9 Å². The zero-order valence-corrected chi connectivity index (χ0v) is 19.4. The summed E-state index contributed by atoms with van der Waals surface area (Å²) in [5, 5.41) is 2.81. The SMILES string of the molecule is N/C(=C/C(=O)C12CCCN1C(=O)C2CC(F)(F)F)Cc1cc(F)c(F)cc1F.O=C1CCCCCN1.